The summed E-state index contributed by atoms with van der Waals surface area (Å²) in [6.45, 7) is 1.28. The summed E-state index contributed by atoms with van der Waals surface area (Å²) < 4.78 is 11.6. The number of hydrogen-bond donors (Lipinski definition) is 0. The Morgan fingerprint density at radius 2 is 2.00 bits per heavy atom. The Kier molecular flexibility index (Phi) is 3.34. The van der Waals surface area contributed by atoms with Gasteiger partial charge >= 0.3 is 5.97 Å². The van der Waals surface area contributed by atoms with Gasteiger partial charge in [-0.25, -0.2) is 0 Å². The van der Waals surface area contributed by atoms with E-state index < -0.39 is 5.97 Å². The molecule has 0 fully saturated rings. The van der Waals surface area contributed by atoms with Gasteiger partial charge in [0, 0.05) is 25.3 Å². The first-order valence-electron chi connectivity index (χ1n) is 6.48. The fourth-order valence-electron chi connectivity index (χ4n) is 2.12. The van der Waals surface area contributed by atoms with E-state index in [2.05, 4.69) is 0 Å². The van der Waals surface area contributed by atoms with Gasteiger partial charge in [0.25, 0.3) is 5.56 Å². The lowest BCUT2D eigenvalue weighted by molar-refractivity contribution is -0.131. The van der Waals surface area contributed by atoms with Crippen LogP contribution in [0, 0.1) is 0 Å². The van der Waals surface area contributed by atoms with E-state index >= 15 is 0 Å². The Labute approximate surface area is 124 Å². The van der Waals surface area contributed by atoms with Crippen molar-refractivity contribution in [2.24, 2.45) is 0 Å². The van der Waals surface area contributed by atoms with Crippen molar-refractivity contribution in [3.63, 3.8) is 0 Å². The number of aromatic nitrogens is 1. The van der Waals surface area contributed by atoms with E-state index in [1.807, 2.05) is 0 Å². The molecule has 110 valence electrons. The number of esters is 1. The van der Waals surface area contributed by atoms with Crippen LogP contribution in [0.3, 0.4) is 0 Å². The van der Waals surface area contributed by atoms with E-state index in [0.717, 1.165) is 0 Å². The predicted molar refractivity (Wildman–Crippen MR) is 79.4 cm³/mol. The minimum atomic E-state index is -0.464. The van der Waals surface area contributed by atoms with Crippen LogP contribution in [0.4, 0.5) is 0 Å². The van der Waals surface area contributed by atoms with Gasteiger partial charge in [-0.15, -0.1) is 0 Å². The van der Waals surface area contributed by atoms with Crippen LogP contribution in [0.2, 0.25) is 0 Å². The number of nitrogens with zero attached hydrogens (tertiary/aromatic N) is 1. The molecular formula is C16H11NO5. The van der Waals surface area contributed by atoms with Crippen molar-refractivity contribution in [1.82, 2.24) is 4.57 Å². The molecular weight excluding hydrogens is 286 g/mol. The van der Waals surface area contributed by atoms with Gasteiger partial charge in [0.1, 0.15) is 23.3 Å². The van der Waals surface area contributed by atoms with Gasteiger partial charge in [-0.3, -0.25) is 19.0 Å². The molecule has 0 aliphatic carbocycles. The molecule has 22 heavy (non-hydrogen) atoms. The number of carbonyl (C=O) groups is 1. The molecule has 0 amide bonds. The molecule has 6 heteroatoms. The molecule has 0 unspecified atom stereocenters. The molecule has 3 aromatic rings. The quantitative estimate of drug-likeness (QED) is 0.533. The van der Waals surface area contributed by atoms with Crippen molar-refractivity contribution in [3.05, 3.63) is 69.4 Å². The molecule has 0 saturated carbocycles. The normalized spacial score (nSPS) is 10.6. The van der Waals surface area contributed by atoms with Gasteiger partial charge in [0.15, 0.2) is 0 Å². The summed E-state index contributed by atoms with van der Waals surface area (Å²) in [7, 11) is 0. The fourth-order valence-corrected chi connectivity index (χ4v) is 2.12. The van der Waals surface area contributed by atoms with Crippen LogP contribution in [0.5, 0.6) is 5.75 Å². The SMILES string of the molecule is CC(=O)Oc1ccc2c(=O)c(-n3ccccc3=O)coc2c1. The first-order chi connectivity index (χ1) is 10.6. The number of rotatable bonds is 2. The highest BCUT2D eigenvalue weighted by molar-refractivity contribution is 5.80. The molecule has 6 nitrogen and oxygen atoms in total. The third kappa shape index (κ3) is 2.42. The minimum absolute atomic E-state index is 0.123. The summed E-state index contributed by atoms with van der Waals surface area (Å²) in [5.74, 6) is -0.179. The Bertz CT molecular complexity index is 983. The Hall–Kier alpha value is -3.15. The summed E-state index contributed by atoms with van der Waals surface area (Å²) in [6.07, 6.45) is 2.71. The van der Waals surface area contributed by atoms with Gasteiger partial charge < -0.3 is 9.15 Å². The molecule has 0 spiro atoms. The molecule has 0 bridgehead atoms. The highest BCUT2D eigenvalue weighted by atomic mass is 16.5. The first kappa shape index (κ1) is 13.8. The zero-order valence-corrected chi connectivity index (χ0v) is 11.6. The highest BCUT2D eigenvalue weighted by Gasteiger charge is 2.11. The maximum atomic E-state index is 12.5. The van der Waals surface area contributed by atoms with Crippen molar-refractivity contribution in [2.75, 3.05) is 0 Å². The largest absolute Gasteiger partial charge is 0.462 e. The van der Waals surface area contributed by atoms with Crippen LogP contribution in [0.1, 0.15) is 6.92 Å². The average Bonchev–Trinajstić information content (AvgIpc) is 2.48. The van der Waals surface area contributed by atoms with Crippen LogP contribution in [-0.4, -0.2) is 10.5 Å². The number of benzene rings is 1. The van der Waals surface area contributed by atoms with E-state index in [4.69, 9.17) is 9.15 Å². The monoisotopic (exact) mass is 297 g/mol. The first-order valence-corrected chi connectivity index (χ1v) is 6.48. The lowest BCUT2D eigenvalue weighted by Gasteiger charge is -2.06. The van der Waals surface area contributed by atoms with Crippen molar-refractivity contribution in [3.8, 4) is 11.4 Å². The maximum Gasteiger partial charge on any atom is 0.308 e. The Morgan fingerprint density at radius 3 is 2.73 bits per heavy atom. The molecule has 2 heterocycles. The van der Waals surface area contributed by atoms with Gasteiger partial charge in [-0.1, -0.05) is 6.07 Å². The molecule has 3 rings (SSSR count). The van der Waals surface area contributed by atoms with Crippen molar-refractivity contribution >= 4 is 16.9 Å². The van der Waals surface area contributed by atoms with Crippen molar-refractivity contribution in [1.29, 1.82) is 0 Å². The molecule has 0 atom stereocenters. The van der Waals surface area contributed by atoms with Crippen LogP contribution >= 0.6 is 0 Å². The number of carbonyl (C=O) groups excluding carboxylic acids is 1. The second kappa shape index (κ2) is 5.33. The van der Waals surface area contributed by atoms with Crippen LogP contribution < -0.4 is 15.7 Å². The second-order valence-electron chi connectivity index (χ2n) is 4.61. The summed E-state index contributed by atoms with van der Waals surface area (Å²) in [6, 6.07) is 9.04. The summed E-state index contributed by atoms with van der Waals surface area (Å²) in [5.41, 5.74) is -0.274. The van der Waals surface area contributed by atoms with E-state index in [9.17, 15) is 14.4 Å². The third-order valence-electron chi connectivity index (χ3n) is 3.07. The molecule has 0 N–H and O–H groups in total. The molecule has 2 aromatic heterocycles. The third-order valence-corrected chi connectivity index (χ3v) is 3.07. The van der Waals surface area contributed by atoms with Gasteiger partial charge in [0.05, 0.1) is 5.39 Å². The molecule has 0 saturated heterocycles. The van der Waals surface area contributed by atoms with Crippen molar-refractivity contribution < 1.29 is 13.9 Å². The molecule has 0 radical (unpaired) electrons. The lowest BCUT2D eigenvalue weighted by Crippen LogP contribution is -2.22. The standard InChI is InChI=1S/C16H11NO5/c1-10(18)22-11-5-6-12-14(8-11)21-9-13(16(12)20)17-7-3-2-4-15(17)19/h2-9H,1H3. The van der Waals surface area contributed by atoms with E-state index in [0.29, 0.717) is 5.39 Å². The van der Waals surface area contributed by atoms with Gasteiger partial charge in [0.2, 0.25) is 5.43 Å². The van der Waals surface area contributed by atoms with E-state index in [-0.39, 0.29) is 28.0 Å². The summed E-state index contributed by atoms with van der Waals surface area (Å²) in [5, 5.41) is 0.296. The van der Waals surface area contributed by atoms with Gasteiger partial charge in [-0.2, -0.15) is 0 Å². The zero-order chi connectivity index (χ0) is 15.7. The Balaban J connectivity index is 2.19. The maximum absolute atomic E-state index is 12.5. The molecule has 0 aliphatic heterocycles. The molecule has 0 aliphatic rings. The second-order valence-corrected chi connectivity index (χ2v) is 4.61. The highest BCUT2D eigenvalue weighted by Crippen LogP contribution is 2.20. The average molecular weight is 297 g/mol. The smallest absolute Gasteiger partial charge is 0.308 e. The summed E-state index contributed by atoms with van der Waals surface area (Å²) >= 11 is 0. The summed E-state index contributed by atoms with van der Waals surface area (Å²) in [4.78, 5) is 35.2. The zero-order valence-electron chi connectivity index (χ0n) is 11.6. The minimum Gasteiger partial charge on any atom is -0.462 e. The van der Waals surface area contributed by atoms with E-state index in [1.54, 1.807) is 12.1 Å². The predicted octanol–water partition coefficient (Wildman–Crippen LogP) is 1.87. The van der Waals surface area contributed by atoms with Crippen molar-refractivity contribution in [2.45, 2.75) is 6.92 Å². The number of ether oxygens (including phenoxy) is 1. The number of fused-ring (bicyclic) bond motifs is 1. The molecule has 1 aromatic carbocycles. The Morgan fingerprint density at radius 1 is 1.18 bits per heavy atom. The van der Waals surface area contributed by atoms with Gasteiger partial charge in [-0.05, 0) is 18.2 Å². The fraction of sp³-hybridized carbons (Fsp3) is 0.0625. The van der Waals surface area contributed by atoms with E-state index in [1.165, 1.54) is 48.2 Å². The van der Waals surface area contributed by atoms with Crippen LogP contribution in [0.25, 0.3) is 16.7 Å². The lowest BCUT2D eigenvalue weighted by atomic mass is 10.2. The van der Waals surface area contributed by atoms with Crippen LogP contribution in [-0.2, 0) is 4.79 Å². The number of pyridine rings is 1. The topological polar surface area (TPSA) is 78.5 Å². The van der Waals surface area contributed by atoms with Crippen LogP contribution in [0.15, 0.2) is 62.9 Å². The number of hydrogen-bond acceptors (Lipinski definition) is 5.